The first-order chi connectivity index (χ1) is 6.56. The van der Waals surface area contributed by atoms with Crippen molar-refractivity contribution in [1.82, 2.24) is 0 Å². The van der Waals surface area contributed by atoms with Gasteiger partial charge in [-0.1, -0.05) is 0 Å². The van der Waals surface area contributed by atoms with Crippen molar-refractivity contribution in [2.75, 3.05) is 11.9 Å². The number of hydrogen-bond donors (Lipinski definition) is 0. The smallest absolute Gasteiger partial charge is 0.124 e. The molecule has 1 aromatic rings. The van der Waals surface area contributed by atoms with E-state index in [9.17, 15) is 4.39 Å². The van der Waals surface area contributed by atoms with E-state index in [-0.39, 0.29) is 11.9 Å². The van der Waals surface area contributed by atoms with Crippen LogP contribution in [0.2, 0.25) is 0 Å². The van der Waals surface area contributed by atoms with Crippen molar-refractivity contribution in [1.29, 1.82) is 5.26 Å². The third-order valence-corrected chi connectivity index (χ3v) is 2.23. The first-order valence-electron chi connectivity index (χ1n) is 4.48. The number of halogens is 1. The molecular formula is C11H13FN2. The summed E-state index contributed by atoms with van der Waals surface area (Å²) in [5, 5.41) is 8.83. The molecule has 3 heteroatoms. The summed E-state index contributed by atoms with van der Waals surface area (Å²) in [4.78, 5) is 1.94. The fraction of sp³-hybridized carbons (Fsp3) is 0.364. The summed E-state index contributed by atoms with van der Waals surface area (Å²) < 4.78 is 12.8. The molecule has 0 radical (unpaired) electrons. The molecule has 14 heavy (non-hydrogen) atoms. The average Bonchev–Trinajstić information content (AvgIpc) is 2.16. The molecule has 0 fully saturated rings. The highest BCUT2D eigenvalue weighted by molar-refractivity contribution is 5.59. The lowest BCUT2D eigenvalue weighted by molar-refractivity contribution is 0.626. The molecule has 0 bridgehead atoms. The lowest BCUT2D eigenvalue weighted by Gasteiger charge is -2.24. The number of nitriles is 1. The van der Waals surface area contributed by atoms with Crippen molar-refractivity contribution in [3.8, 4) is 6.07 Å². The zero-order valence-electron chi connectivity index (χ0n) is 8.58. The molecule has 1 aromatic carbocycles. The Labute approximate surface area is 83.6 Å². The van der Waals surface area contributed by atoms with Crippen LogP contribution in [0.1, 0.15) is 19.4 Å². The predicted octanol–water partition coefficient (Wildman–Crippen LogP) is 2.54. The van der Waals surface area contributed by atoms with Crippen LogP contribution in [0.15, 0.2) is 18.2 Å². The Morgan fingerprint density at radius 1 is 1.43 bits per heavy atom. The van der Waals surface area contributed by atoms with Gasteiger partial charge in [0, 0.05) is 13.1 Å². The third kappa shape index (κ3) is 2.02. The molecule has 0 atom stereocenters. The molecule has 0 spiro atoms. The van der Waals surface area contributed by atoms with Gasteiger partial charge in [-0.15, -0.1) is 0 Å². The molecular weight excluding hydrogens is 179 g/mol. The SMILES string of the molecule is CC(C)N(C)c1ccc(F)cc1C#N. The topological polar surface area (TPSA) is 27.0 Å². The van der Waals surface area contributed by atoms with Gasteiger partial charge in [0.05, 0.1) is 11.3 Å². The second-order valence-corrected chi connectivity index (χ2v) is 3.48. The summed E-state index contributed by atoms with van der Waals surface area (Å²) in [5.41, 5.74) is 1.14. The Balaban J connectivity index is 3.16. The quantitative estimate of drug-likeness (QED) is 0.720. The lowest BCUT2D eigenvalue weighted by Crippen LogP contribution is -2.26. The molecule has 0 saturated heterocycles. The molecule has 1 rings (SSSR count). The molecule has 0 aliphatic carbocycles. The Morgan fingerprint density at radius 2 is 2.07 bits per heavy atom. The Morgan fingerprint density at radius 3 is 2.57 bits per heavy atom. The maximum Gasteiger partial charge on any atom is 0.124 e. The fourth-order valence-electron chi connectivity index (χ4n) is 1.18. The van der Waals surface area contributed by atoms with Gasteiger partial charge in [0.15, 0.2) is 0 Å². The summed E-state index contributed by atoms with van der Waals surface area (Å²) in [6.45, 7) is 4.04. The van der Waals surface area contributed by atoms with Gasteiger partial charge in [0.1, 0.15) is 11.9 Å². The van der Waals surface area contributed by atoms with E-state index in [4.69, 9.17) is 5.26 Å². The maximum atomic E-state index is 12.8. The second-order valence-electron chi connectivity index (χ2n) is 3.48. The number of hydrogen-bond acceptors (Lipinski definition) is 2. The van der Waals surface area contributed by atoms with E-state index in [1.807, 2.05) is 31.9 Å². The van der Waals surface area contributed by atoms with Gasteiger partial charge in [-0.25, -0.2) is 4.39 Å². The lowest BCUT2D eigenvalue weighted by atomic mass is 10.1. The van der Waals surface area contributed by atoms with Crippen molar-refractivity contribution in [2.45, 2.75) is 19.9 Å². The normalized spacial score (nSPS) is 10.0. The Kier molecular flexibility index (Phi) is 3.08. The summed E-state index contributed by atoms with van der Waals surface area (Å²) in [7, 11) is 1.89. The Hall–Kier alpha value is -1.56. The van der Waals surface area contributed by atoms with Crippen molar-refractivity contribution in [2.24, 2.45) is 0 Å². The second kappa shape index (κ2) is 4.10. The van der Waals surface area contributed by atoms with Crippen molar-refractivity contribution in [3.63, 3.8) is 0 Å². The van der Waals surface area contributed by atoms with Crippen LogP contribution in [-0.2, 0) is 0 Å². The van der Waals surface area contributed by atoms with Gasteiger partial charge in [-0.2, -0.15) is 5.26 Å². The van der Waals surface area contributed by atoms with Crippen molar-refractivity contribution < 1.29 is 4.39 Å². The summed E-state index contributed by atoms with van der Waals surface area (Å²) in [6, 6.07) is 6.54. The van der Waals surface area contributed by atoms with E-state index < -0.39 is 0 Å². The molecule has 0 heterocycles. The predicted molar refractivity (Wildman–Crippen MR) is 54.7 cm³/mol. The third-order valence-electron chi connectivity index (χ3n) is 2.23. The fourth-order valence-corrected chi connectivity index (χ4v) is 1.18. The highest BCUT2D eigenvalue weighted by Crippen LogP contribution is 2.21. The average molecular weight is 192 g/mol. The molecule has 0 unspecified atom stereocenters. The molecule has 0 aliphatic rings. The maximum absolute atomic E-state index is 12.8. The van der Waals surface area contributed by atoms with E-state index >= 15 is 0 Å². The van der Waals surface area contributed by atoms with Crippen molar-refractivity contribution in [3.05, 3.63) is 29.6 Å². The van der Waals surface area contributed by atoms with E-state index in [0.717, 1.165) is 5.69 Å². The van der Waals surface area contributed by atoms with Crippen LogP contribution >= 0.6 is 0 Å². The summed E-state index contributed by atoms with van der Waals surface area (Å²) >= 11 is 0. The van der Waals surface area contributed by atoms with Gasteiger partial charge in [0.25, 0.3) is 0 Å². The minimum Gasteiger partial charge on any atom is -0.371 e. The summed E-state index contributed by atoms with van der Waals surface area (Å²) in [5.74, 6) is -0.373. The van der Waals surface area contributed by atoms with E-state index in [0.29, 0.717) is 5.56 Å². The van der Waals surface area contributed by atoms with Crippen LogP contribution in [0.4, 0.5) is 10.1 Å². The first kappa shape index (κ1) is 10.5. The highest BCUT2D eigenvalue weighted by Gasteiger charge is 2.10. The molecule has 0 amide bonds. The zero-order valence-corrected chi connectivity index (χ0v) is 8.58. The van der Waals surface area contributed by atoms with Crippen LogP contribution in [0, 0.1) is 17.1 Å². The highest BCUT2D eigenvalue weighted by atomic mass is 19.1. The van der Waals surface area contributed by atoms with Crippen LogP contribution in [-0.4, -0.2) is 13.1 Å². The van der Waals surface area contributed by atoms with Crippen LogP contribution < -0.4 is 4.90 Å². The number of anilines is 1. The monoisotopic (exact) mass is 192 g/mol. The standard InChI is InChI=1S/C11H13FN2/c1-8(2)14(3)11-5-4-10(12)6-9(11)7-13/h4-6,8H,1-3H3. The zero-order chi connectivity index (χ0) is 10.7. The van der Waals surface area contributed by atoms with Gasteiger partial charge in [0.2, 0.25) is 0 Å². The van der Waals surface area contributed by atoms with Gasteiger partial charge in [-0.05, 0) is 32.0 Å². The first-order valence-corrected chi connectivity index (χ1v) is 4.48. The van der Waals surface area contributed by atoms with Crippen LogP contribution in [0.5, 0.6) is 0 Å². The molecule has 2 nitrogen and oxygen atoms in total. The number of nitrogens with zero attached hydrogens (tertiary/aromatic N) is 2. The molecule has 0 N–H and O–H groups in total. The van der Waals surface area contributed by atoms with E-state index in [1.165, 1.54) is 12.1 Å². The largest absolute Gasteiger partial charge is 0.371 e. The minimum atomic E-state index is -0.373. The van der Waals surface area contributed by atoms with Crippen molar-refractivity contribution >= 4 is 5.69 Å². The number of rotatable bonds is 2. The summed E-state index contributed by atoms with van der Waals surface area (Å²) in [6.07, 6.45) is 0. The minimum absolute atomic E-state index is 0.285. The van der Waals surface area contributed by atoms with Gasteiger partial charge >= 0.3 is 0 Å². The molecule has 0 aliphatic heterocycles. The van der Waals surface area contributed by atoms with E-state index in [1.54, 1.807) is 6.07 Å². The Bertz CT molecular complexity index is 366. The van der Waals surface area contributed by atoms with Gasteiger partial charge < -0.3 is 4.90 Å². The number of benzene rings is 1. The molecule has 0 saturated carbocycles. The van der Waals surface area contributed by atoms with Crippen LogP contribution in [0.25, 0.3) is 0 Å². The van der Waals surface area contributed by atoms with Gasteiger partial charge in [-0.3, -0.25) is 0 Å². The van der Waals surface area contributed by atoms with Crippen LogP contribution in [0.3, 0.4) is 0 Å². The molecule has 74 valence electrons. The molecule has 0 aromatic heterocycles. The van der Waals surface area contributed by atoms with E-state index in [2.05, 4.69) is 0 Å².